The van der Waals surface area contributed by atoms with Crippen LogP contribution in [0.4, 0.5) is 17.2 Å². The maximum absolute atomic E-state index is 12.4. The van der Waals surface area contributed by atoms with E-state index in [4.69, 9.17) is 15.6 Å². The SMILES string of the molecule is CC(C)C.CN1CC2(CCN(c3ccc(C(=O)Nc4ccccc4N)cn3)CC2)C1.O=CO. The number of likely N-dealkylation sites (tertiary alicyclic amines) is 1. The van der Waals surface area contributed by atoms with E-state index in [0.717, 1.165) is 24.8 Å². The summed E-state index contributed by atoms with van der Waals surface area (Å²) in [4.78, 5) is 30.0. The maximum Gasteiger partial charge on any atom is 0.290 e. The van der Waals surface area contributed by atoms with Gasteiger partial charge in [-0.05, 0) is 55.5 Å². The van der Waals surface area contributed by atoms with Crippen molar-refractivity contribution < 1.29 is 14.7 Å². The molecule has 0 atom stereocenters. The van der Waals surface area contributed by atoms with E-state index in [-0.39, 0.29) is 12.4 Å². The first kappa shape index (κ1) is 26.1. The minimum atomic E-state index is -0.250. The van der Waals surface area contributed by atoms with Crippen LogP contribution in [0.5, 0.6) is 0 Å². The van der Waals surface area contributed by atoms with E-state index in [1.165, 1.54) is 25.9 Å². The zero-order valence-electron chi connectivity index (χ0n) is 20.1. The van der Waals surface area contributed by atoms with Gasteiger partial charge >= 0.3 is 0 Å². The number of benzene rings is 1. The van der Waals surface area contributed by atoms with Crippen molar-refractivity contribution in [1.29, 1.82) is 0 Å². The highest BCUT2D eigenvalue weighted by atomic mass is 16.3. The smallest absolute Gasteiger partial charge is 0.290 e. The number of amides is 1. The van der Waals surface area contributed by atoms with E-state index < -0.39 is 0 Å². The highest BCUT2D eigenvalue weighted by Crippen LogP contribution is 2.40. The lowest BCUT2D eigenvalue weighted by Crippen LogP contribution is -2.58. The zero-order chi connectivity index (χ0) is 24.4. The number of carbonyl (C=O) groups excluding carboxylic acids is 1. The van der Waals surface area contributed by atoms with Crippen molar-refractivity contribution in [2.75, 3.05) is 49.2 Å². The van der Waals surface area contributed by atoms with Gasteiger partial charge in [0.2, 0.25) is 0 Å². The fraction of sp³-hybridized carbons (Fsp3) is 0.480. The Bertz CT molecular complexity index is 882. The van der Waals surface area contributed by atoms with E-state index >= 15 is 0 Å². The van der Waals surface area contributed by atoms with Crippen LogP contribution in [0.25, 0.3) is 0 Å². The molecule has 1 spiro atoms. The topological polar surface area (TPSA) is 112 Å². The van der Waals surface area contributed by atoms with Crippen molar-refractivity contribution in [2.24, 2.45) is 11.3 Å². The third-order valence-corrected chi connectivity index (χ3v) is 5.58. The highest BCUT2D eigenvalue weighted by molar-refractivity contribution is 6.05. The zero-order valence-corrected chi connectivity index (χ0v) is 20.1. The molecule has 0 unspecified atom stereocenters. The molecule has 4 N–H and O–H groups in total. The summed E-state index contributed by atoms with van der Waals surface area (Å²) in [6.07, 6.45) is 4.08. The lowest BCUT2D eigenvalue weighted by molar-refractivity contribution is -0.122. The lowest BCUT2D eigenvalue weighted by Gasteiger charge is -2.53. The van der Waals surface area contributed by atoms with Gasteiger partial charge < -0.3 is 26.0 Å². The summed E-state index contributed by atoms with van der Waals surface area (Å²) in [6, 6.07) is 11.0. The van der Waals surface area contributed by atoms with Crippen LogP contribution in [0, 0.1) is 11.3 Å². The van der Waals surface area contributed by atoms with Crippen LogP contribution in [0.3, 0.4) is 0 Å². The van der Waals surface area contributed by atoms with Crippen molar-refractivity contribution in [3.05, 3.63) is 48.2 Å². The van der Waals surface area contributed by atoms with Crippen LogP contribution in [0.2, 0.25) is 0 Å². The predicted molar refractivity (Wildman–Crippen MR) is 134 cm³/mol. The second-order valence-corrected chi connectivity index (χ2v) is 9.44. The van der Waals surface area contributed by atoms with Crippen LogP contribution in [0.1, 0.15) is 44.0 Å². The van der Waals surface area contributed by atoms with Crippen molar-refractivity contribution in [3.8, 4) is 0 Å². The minimum absolute atomic E-state index is 0.197. The molecule has 1 aromatic carbocycles. The minimum Gasteiger partial charge on any atom is -0.483 e. The molecule has 8 heteroatoms. The first-order chi connectivity index (χ1) is 15.7. The number of nitrogens with zero attached hydrogens (tertiary/aromatic N) is 3. The number of nitrogen functional groups attached to an aromatic ring is 1. The predicted octanol–water partition coefficient (Wildman–Crippen LogP) is 3.81. The Morgan fingerprint density at radius 1 is 1.15 bits per heavy atom. The van der Waals surface area contributed by atoms with Gasteiger partial charge in [0, 0.05) is 32.4 Å². The summed E-state index contributed by atoms with van der Waals surface area (Å²) in [5, 5.41) is 9.72. The fourth-order valence-corrected chi connectivity index (χ4v) is 4.14. The number of hydrogen-bond donors (Lipinski definition) is 3. The van der Waals surface area contributed by atoms with Gasteiger partial charge in [-0.25, -0.2) is 4.98 Å². The van der Waals surface area contributed by atoms with Gasteiger partial charge in [0.05, 0.1) is 16.9 Å². The molecule has 0 bridgehead atoms. The van der Waals surface area contributed by atoms with Crippen molar-refractivity contribution in [3.63, 3.8) is 0 Å². The second kappa shape index (κ2) is 12.2. The van der Waals surface area contributed by atoms with Gasteiger partial charge in [-0.1, -0.05) is 32.9 Å². The number of carbonyl (C=O) groups is 2. The molecule has 1 aromatic heterocycles. The molecule has 0 radical (unpaired) electrons. The summed E-state index contributed by atoms with van der Waals surface area (Å²) >= 11 is 0. The summed E-state index contributed by atoms with van der Waals surface area (Å²) in [6.45, 7) is 10.8. The quantitative estimate of drug-likeness (QED) is 0.476. The monoisotopic (exact) mass is 455 g/mol. The first-order valence-electron chi connectivity index (χ1n) is 11.3. The number of pyridine rings is 1. The average molecular weight is 456 g/mol. The molecule has 180 valence electrons. The molecule has 2 aliphatic heterocycles. The third kappa shape index (κ3) is 7.75. The fourth-order valence-electron chi connectivity index (χ4n) is 4.14. The molecule has 0 aliphatic carbocycles. The van der Waals surface area contributed by atoms with Gasteiger partial charge in [0.25, 0.3) is 12.4 Å². The van der Waals surface area contributed by atoms with E-state index in [2.05, 4.69) is 47.9 Å². The molecule has 1 amide bonds. The molecule has 2 aliphatic rings. The molecule has 4 rings (SSSR count). The Morgan fingerprint density at radius 3 is 2.21 bits per heavy atom. The first-order valence-corrected chi connectivity index (χ1v) is 11.3. The van der Waals surface area contributed by atoms with Crippen LogP contribution < -0.4 is 16.0 Å². The number of piperidine rings is 1. The molecule has 2 fully saturated rings. The van der Waals surface area contributed by atoms with E-state index in [0.29, 0.717) is 22.4 Å². The van der Waals surface area contributed by atoms with Crippen LogP contribution in [-0.4, -0.2) is 60.6 Å². The standard InChI is InChI=1S/C20H25N5O.C4H10.CH2O2/c1-24-13-20(14-24)8-10-25(11-9-20)18-7-6-15(12-22-18)19(26)23-17-5-3-2-4-16(17)21;1-4(2)3;2-1-3/h2-7,12H,8-11,13-14,21H2,1H3,(H,23,26);4H,1-3H3;1H,(H,2,3). The third-order valence-electron chi connectivity index (χ3n) is 5.58. The number of anilines is 3. The lowest BCUT2D eigenvalue weighted by atomic mass is 9.72. The molecular weight excluding hydrogens is 418 g/mol. The van der Waals surface area contributed by atoms with Crippen molar-refractivity contribution >= 4 is 29.6 Å². The molecule has 0 saturated carbocycles. The van der Waals surface area contributed by atoms with Crippen LogP contribution >= 0.6 is 0 Å². The van der Waals surface area contributed by atoms with E-state index in [1.54, 1.807) is 18.3 Å². The molecule has 8 nitrogen and oxygen atoms in total. The Morgan fingerprint density at radius 2 is 1.73 bits per heavy atom. The van der Waals surface area contributed by atoms with Gasteiger partial charge in [-0.15, -0.1) is 0 Å². The van der Waals surface area contributed by atoms with Gasteiger partial charge in [-0.3, -0.25) is 9.59 Å². The van der Waals surface area contributed by atoms with Gasteiger partial charge in [0.15, 0.2) is 0 Å². The largest absolute Gasteiger partial charge is 0.483 e. The highest BCUT2D eigenvalue weighted by Gasteiger charge is 2.43. The van der Waals surface area contributed by atoms with Crippen molar-refractivity contribution in [1.82, 2.24) is 9.88 Å². The molecule has 3 heterocycles. The normalized spacial score (nSPS) is 16.6. The number of nitrogens with two attached hydrogens (primary N) is 1. The summed E-state index contributed by atoms with van der Waals surface area (Å²) in [5.74, 6) is 1.58. The van der Waals surface area contributed by atoms with Gasteiger partial charge in [0.1, 0.15) is 5.82 Å². The van der Waals surface area contributed by atoms with Crippen molar-refractivity contribution in [2.45, 2.75) is 33.6 Å². The second-order valence-electron chi connectivity index (χ2n) is 9.44. The number of carboxylic acid groups (broad SMARTS) is 1. The Hall–Kier alpha value is -3.13. The van der Waals surface area contributed by atoms with Crippen LogP contribution in [-0.2, 0) is 4.79 Å². The molecular formula is C25H37N5O3. The Balaban J connectivity index is 0.000000489. The summed E-state index contributed by atoms with van der Waals surface area (Å²) in [7, 11) is 2.19. The number of rotatable bonds is 3. The molecule has 2 saturated heterocycles. The van der Waals surface area contributed by atoms with Crippen LogP contribution in [0.15, 0.2) is 42.6 Å². The number of para-hydroxylation sites is 2. The molecule has 33 heavy (non-hydrogen) atoms. The van der Waals surface area contributed by atoms with E-state index in [9.17, 15) is 4.79 Å². The van der Waals surface area contributed by atoms with Gasteiger partial charge in [-0.2, -0.15) is 0 Å². The Kier molecular flexibility index (Phi) is 9.66. The maximum atomic E-state index is 12.4. The number of aromatic nitrogens is 1. The Labute approximate surface area is 196 Å². The number of hydrogen-bond acceptors (Lipinski definition) is 6. The van der Waals surface area contributed by atoms with E-state index in [1.807, 2.05) is 24.3 Å². The molecule has 2 aromatic rings. The number of nitrogens with one attached hydrogen (secondary N) is 1. The average Bonchev–Trinajstić information content (AvgIpc) is 2.75. The summed E-state index contributed by atoms with van der Waals surface area (Å²) in [5.41, 5.74) is 8.11. The summed E-state index contributed by atoms with van der Waals surface area (Å²) < 4.78 is 0.